The normalized spacial score (nSPS) is 12.1. The van der Waals surface area contributed by atoms with Gasteiger partial charge in [0, 0.05) is 51.5 Å². The summed E-state index contributed by atoms with van der Waals surface area (Å²) in [6, 6.07) is 25.6. The van der Waals surface area contributed by atoms with Crippen LogP contribution in [0, 0.1) is 6.92 Å². The molecule has 0 fully saturated rings. The molecule has 0 amide bonds. The second-order valence-corrected chi connectivity index (χ2v) is 8.78. The molecule has 1 atom stereocenters. The van der Waals surface area contributed by atoms with Gasteiger partial charge in [-0.25, -0.2) is 4.68 Å². The number of aromatic nitrogens is 2. The molecule has 0 aliphatic heterocycles. The summed E-state index contributed by atoms with van der Waals surface area (Å²) in [7, 11) is 8.06. The lowest BCUT2D eigenvalue weighted by Gasteiger charge is -2.16. The van der Waals surface area contributed by atoms with Crippen LogP contribution < -0.4 is 15.4 Å². The molecule has 0 spiro atoms. The van der Waals surface area contributed by atoms with E-state index in [1.54, 1.807) is 4.68 Å². The molecular weight excluding hydrogens is 422 g/mol. The average molecular weight is 454 g/mol. The zero-order chi connectivity index (χ0) is 24.2. The number of hydrogen-bond donors (Lipinski definition) is 1. The Morgan fingerprint density at radius 1 is 0.824 bits per heavy atom. The number of aliphatic imine (C=N–C) groups is 1. The highest BCUT2D eigenvalue weighted by atomic mass is 16.1. The van der Waals surface area contributed by atoms with E-state index in [4.69, 9.17) is 4.99 Å². The van der Waals surface area contributed by atoms with E-state index in [1.807, 2.05) is 95.9 Å². The molecule has 0 aliphatic carbocycles. The van der Waals surface area contributed by atoms with Crippen LogP contribution >= 0.6 is 0 Å². The van der Waals surface area contributed by atoms with E-state index in [0.717, 1.165) is 33.9 Å². The number of aromatic amines is 1. The lowest BCUT2D eigenvalue weighted by Crippen LogP contribution is -2.19. The zero-order valence-corrected chi connectivity index (χ0v) is 20.4. The SMILES string of the molecule is Cc1[nH]n(-c2ccccc2)c(=O)c1C(N=Cc1ccc(N(C)C)cc1)c1ccc(N(C)C)cc1. The molecule has 6 heteroatoms. The molecule has 0 bridgehead atoms. The van der Waals surface area contributed by atoms with Gasteiger partial charge in [-0.05, 0) is 54.4 Å². The molecule has 1 heterocycles. The molecule has 4 aromatic rings. The summed E-state index contributed by atoms with van der Waals surface area (Å²) in [5.74, 6) is 0. The number of hydrogen-bond acceptors (Lipinski definition) is 4. The second-order valence-electron chi connectivity index (χ2n) is 8.78. The molecule has 0 radical (unpaired) electrons. The topological polar surface area (TPSA) is 56.6 Å². The van der Waals surface area contributed by atoms with E-state index >= 15 is 0 Å². The van der Waals surface area contributed by atoms with E-state index in [0.29, 0.717) is 5.56 Å². The zero-order valence-electron chi connectivity index (χ0n) is 20.4. The third kappa shape index (κ3) is 4.81. The van der Waals surface area contributed by atoms with Crippen LogP contribution in [0.25, 0.3) is 5.69 Å². The Hall–Kier alpha value is -4.06. The maximum absolute atomic E-state index is 13.6. The number of anilines is 2. The van der Waals surface area contributed by atoms with Crippen LogP contribution in [0.4, 0.5) is 11.4 Å². The molecule has 174 valence electrons. The van der Waals surface area contributed by atoms with Crippen molar-refractivity contribution in [3.63, 3.8) is 0 Å². The van der Waals surface area contributed by atoms with Crippen LogP contribution in [-0.4, -0.2) is 44.2 Å². The van der Waals surface area contributed by atoms with Crippen molar-refractivity contribution in [3.8, 4) is 5.69 Å². The Morgan fingerprint density at radius 2 is 1.38 bits per heavy atom. The predicted octanol–water partition coefficient (Wildman–Crippen LogP) is 4.81. The molecule has 4 rings (SSSR count). The summed E-state index contributed by atoms with van der Waals surface area (Å²) < 4.78 is 1.59. The highest BCUT2D eigenvalue weighted by molar-refractivity contribution is 5.80. The van der Waals surface area contributed by atoms with Crippen molar-refractivity contribution >= 4 is 17.6 Å². The van der Waals surface area contributed by atoms with Crippen LogP contribution in [-0.2, 0) is 0 Å². The minimum atomic E-state index is -0.432. The lowest BCUT2D eigenvalue weighted by atomic mass is 9.99. The number of H-pyrrole nitrogens is 1. The minimum Gasteiger partial charge on any atom is -0.378 e. The summed E-state index contributed by atoms with van der Waals surface area (Å²) in [6.07, 6.45) is 1.85. The van der Waals surface area contributed by atoms with Crippen LogP contribution in [0.15, 0.2) is 88.6 Å². The molecular formula is C28H31N5O. The first-order valence-electron chi connectivity index (χ1n) is 11.3. The third-order valence-corrected chi connectivity index (χ3v) is 5.91. The predicted molar refractivity (Wildman–Crippen MR) is 142 cm³/mol. The van der Waals surface area contributed by atoms with Gasteiger partial charge in [0.05, 0.1) is 11.3 Å². The van der Waals surface area contributed by atoms with Gasteiger partial charge in [0.2, 0.25) is 0 Å². The van der Waals surface area contributed by atoms with Crippen LogP contribution in [0.2, 0.25) is 0 Å². The molecule has 0 aliphatic rings. The van der Waals surface area contributed by atoms with Crippen molar-refractivity contribution in [2.75, 3.05) is 38.0 Å². The monoisotopic (exact) mass is 453 g/mol. The van der Waals surface area contributed by atoms with Gasteiger partial charge in [-0.15, -0.1) is 0 Å². The molecule has 1 aromatic heterocycles. The van der Waals surface area contributed by atoms with Gasteiger partial charge in [-0.2, -0.15) is 0 Å². The molecule has 34 heavy (non-hydrogen) atoms. The molecule has 3 aromatic carbocycles. The van der Waals surface area contributed by atoms with Crippen molar-refractivity contribution in [1.29, 1.82) is 0 Å². The van der Waals surface area contributed by atoms with Gasteiger partial charge < -0.3 is 9.80 Å². The maximum Gasteiger partial charge on any atom is 0.277 e. The third-order valence-electron chi connectivity index (χ3n) is 5.91. The fourth-order valence-electron chi connectivity index (χ4n) is 3.94. The summed E-state index contributed by atoms with van der Waals surface area (Å²) in [4.78, 5) is 22.6. The number of benzene rings is 3. The molecule has 6 nitrogen and oxygen atoms in total. The van der Waals surface area contributed by atoms with Gasteiger partial charge in [-0.1, -0.05) is 42.5 Å². The van der Waals surface area contributed by atoms with Gasteiger partial charge in [-0.3, -0.25) is 14.9 Å². The van der Waals surface area contributed by atoms with Gasteiger partial charge >= 0.3 is 0 Å². The number of aryl methyl sites for hydroxylation is 1. The van der Waals surface area contributed by atoms with Crippen molar-refractivity contribution < 1.29 is 0 Å². The number of nitrogens with one attached hydrogen (secondary N) is 1. The van der Waals surface area contributed by atoms with Gasteiger partial charge in [0.15, 0.2) is 0 Å². The number of para-hydroxylation sites is 1. The fraction of sp³-hybridized carbons (Fsp3) is 0.214. The Labute approximate surface area is 200 Å². The van der Waals surface area contributed by atoms with Crippen LogP contribution in [0.5, 0.6) is 0 Å². The summed E-state index contributed by atoms with van der Waals surface area (Å²) >= 11 is 0. The summed E-state index contributed by atoms with van der Waals surface area (Å²) in [5.41, 5.74) is 6.32. The Balaban J connectivity index is 1.78. The second kappa shape index (κ2) is 9.83. The van der Waals surface area contributed by atoms with E-state index in [9.17, 15) is 4.79 Å². The van der Waals surface area contributed by atoms with Gasteiger partial charge in [0.1, 0.15) is 6.04 Å². The largest absolute Gasteiger partial charge is 0.378 e. The van der Waals surface area contributed by atoms with Crippen molar-refractivity contribution in [2.45, 2.75) is 13.0 Å². The highest BCUT2D eigenvalue weighted by Crippen LogP contribution is 2.28. The first kappa shape index (κ1) is 23.1. The first-order chi connectivity index (χ1) is 16.3. The molecule has 0 saturated heterocycles. The highest BCUT2D eigenvalue weighted by Gasteiger charge is 2.23. The van der Waals surface area contributed by atoms with E-state index in [2.05, 4.69) is 39.2 Å². The molecule has 1 N–H and O–H groups in total. The summed E-state index contributed by atoms with van der Waals surface area (Å²) in [6.45, 7) is 1.93. The minimum absolute atomic E-state index is 0.0921. The van der Waals surface area contributed by atoms with Crippen LogP contribution in [0.1, 0.15) is 28.4 Å². The standard InChI is InChI=1S/C28H31N5O/c1-20-26(28(34)33(30-20)25-9-7-6-8-10-25)27(22-13-17-24(18-14-22)32(4)5)29-19-21-11-15-23(16-12-21)31(2)3/h6-19,27,30H,1-5H3. The number of rotatable bonds is 7. The Kier molecular flexibility index (Phi) is 6.68. The average Bonchev–Trinajstić information content (AvgIpc) is 3.14. The quantitative estimate of drug-likeness (QED) is 0.409. The van der Waals surface area contributed by atoms with E-state index < -0.39 is 6.04 Å². The van der Waals surface area contributed by atoms with Crippen molar-refractivity contribution in [3.05, 3.63) is 112 Å². The van der Waals surface area contributed by atoms with E-state index in [-0.39, 0.29) is 5.56 Å². The first-order valence-corrected chi connectivity index (χ1v) is 11.3. The van der Waals surface area contributed by atoms with Crippen LogP contribution in [0.3, 0.4) is 0 Å². The van der Waals surface area contributed by atoms with Crippen molar-refractivity contribution in [2.24, 2.45) is 4.99 Å². The number of nitrogens with zero attached hydrogens (tertiary/aromatic N) is 4. The fourth-order valence-corrected chi connectivity index (χ4v) is 3.94. The van der Waals surface area contributed by atoms with Gasteiger partial charge in [0.25, 0.3) is 5.56 Å². The maximum atomic E-state index is 13.6. The van der Waals surface area contributed by atoms with Crippen molar-refractivity contribution in [1.82, 2.24) is 9.78 Å². The van der Waals surface area contributed by atoms with E-state index in [1.165, 1.54) is 0 Å². The Morgan fingerprint density at radius 3 is 1.94 bits per heavy atom. The molecule has 0 saturated carbocycles. The lowest BCUT2D eigenvalue weighted by molar-refractivity contribution is 0.827. The Bertz CT molecular complexity index is 1310. The molecule has 1 unspecified atom stereocenters. The summed E-state index contributed by atoms with van der Waals surface area (Å²) in [5, 5.41) is 3.24. The smallest absolute Gasteiger partial charge is 0.277 e.